The van der Waals surface area contributed by atoms with E-state index in [0.29, 0.717) is 12.1 Å². The van der Waals surface area contributed by atoms with Gasteiger partial charge in [-0.25, -0.2) is 18.0 Å². The van der Waals surface area contributed by atoms with Crippen LogP contribution >= 0.6 is 0 Å². The molecule has 0 saturated heterocycles. The van der Waals surface area contributed by atoms with Gasteiger partial charge in [0.2, 0.25) is 0 Å². The quantitative estimate of drug-likeness (QED) is 0.593. The number of esters is 1. The van der Waals surface area contributed by atoms with Gasteiger partial charge < -0.3 is 10.1 Å². The summed E-state index contributed by atoms with van der Waals surface area (Å²) in [5.41, 5.74) is 0.346. The van der Waals surface area contributed by atoms with E-state index >= 15 is 0 Å². The molecule has 0 spiro atoms. The van der Waals surface area contributed by atoms with Gasteiger partial charge >= 0.3 is 12.0 Å². The maximum Gasteiger partial charge on any atom is 0.331 e. The molecular weight excluding hydrogens is 376 g/mol. The van der Waals surface area contributed by atoms with Crippen LogP contribution in [0.15, 0.2) is 34.2 Å². The number of sulfonamides is 1. The number of nitrogens with one attached hydrogen (secondary N) is 3. The summed E-state index contributed by atoms with van der Waals surface area (Å²) in [5, 5.41) is 4.40. The van der Waals surface area contributed by atoms with E-state index in [1.165, 1.54) is 19.9 Å². The predicted octanol–water partition coefficient (Wildman–Crippen LogP) is -0.109. The van der Waals surface area contributed by atoms with Crippen LogP contribution in [0, 0.1) is 0 Å². The number of urea groups is 1. The summed E-state index contributed by atoms with van der Waals surface area (Å²) >= 11 is 0. The topological polar surface area (TPSA) is 143 Å². The van der Waals surface area contributed by atoms with Gasteiger partial charge in [-0.2, -0.15) is 0 Å². The van der Waals surface area contributed by atoms with Crippen molar-refractivity contribution < 1.29 is 27.5 Å². The number of aliphatic imine (C=N–C) groups is 1. The summed E-state index contributed by atoms with van der Waals surface area (Å²) in [6.45, 7) is 4.72. The van der Waals surface area contributed by atoms with Crippen molar-refractivity contribution in [2.45, 2.75) is 37.8 Å². The van der Waals surface area contributed by atoms with Crippen molar-refractivity contribution in [3.8, 4) is 0 Å². The maximum atomic E-state index is 12.1. The summed E-state index contributed by atoms with van der Waals surface area (Å²) < 4.78 is 31.3. The normalized spacial score (nSPS) is 18.0. The Morgan fingerprint density at radius 2 is 1.89 bits per heavy atom. The molecule has 3 amide bonds. The maximum absolute atomic E-state index is 12.1. The highest BCUT2D eigenvalue weighted by molar-refractivity contribution is 7.90. The minimum Gasteiger partial charge on any atom is -0.451 e. The number of imide groups is 1. The van der Waals surface area contributed by atoms with Crippen LogP contribution in [0.4, 0.5) is 4.79 Å². The number of carbonyl (C=O) groups excluding carboxylic acids is 3. The molecule has 0 aliphatic carbocycles. The van der Waals surface area contributed by atoms with Crippen molar-refractivity contribution in [3.63, 3.8) is 0 Å². The van der Waals surface area contributed by atoms with Crippen LogP contribution in [-0.4, -0.2) is 50.9 Å². The third-order valence-corrected chi connectivity index (χ3v) is 4.96. The number of benzene rings is 1. The molecule has 1 aromatic carbocycles. The number of amidine groups is 1. The Bertz CT molecular complexity index is 896. The average Bonchev–Trinajstić information content (AvgIpc) is 2.85. The molecule has 1 aliphatic rings. The Hall–Kier alpha value is -2.95. The number of hydrogen-bond acceptors (Lipinski definition) is 7. The van der Waals surface area contributed by atoms with E-state index in [0.717, 1.165) is 0 Å². The van der Waals surface area contributed by atoms with Crippen LogP contribution in [0.5, 0.6) is 0 Å². The van der Waals surface area contributed by atoms with Crippen molar-refractivity contribution >= 4 is 33.8 Å². The van der Waals surface area contributed by atoms with Gasteiger partial charge in [-0.3, -0.25) is 19.8 Å². The number of hydrogen-bond donors (Lipinski definition) is 3. The highest BCUT2D eigenvalue weighted by atomic mass is 32.2. The van der Waals surface area contributed by atoms with Crippen molar-refractivity contribution in [3.05, 3.63) is 29.8 Å². The van der Waals surface area contributed by atoms with Gasteiger partial charge in [0, 0.05) is 12.1 Å². The van der Waals surface area contributed by atoms with Gasteiger partial charge in [-0.05, 0) is 32.9 Å². The molecule has 2 rings (SSSR count). The molecule has 0 unspecified atom stereocenters. The number of nitrogens with zero attached hydrogens (tertiary/aromatic N) is 1. The summed E-state index contributed by atoms with van der Waals surface area (Å²) in [4.78, 5) is 39.4. The molecule has 0 fully saturated rings. The summed E-state index contributed by atoms with van der Waals surface area (Å²) in [6.07, 6.45) is -1.23. The van der Waals surface area contributed by atoms with Gasteiger partial charge in [0.25, 0.3) is 15.9 Å². The van der Waals surface area contributed by atoms with E-state index < -0.39 is 40.1 Å². The van der Waals surface area contributed by atoms with E-state index in [2.05, 4.69) is 15.0 Å². The van der Waals surface area contributed by atoms with Crippen molar-refractivity contribution in [2.75, 3.05) is 6.54 Å². The monoisotopic (exact) mass is 396 g/mol. The second kappa shape index (κ2) is 8.16. The zero-order valence-electron chi connectivity index (χ0n) is 15.0. The standard InChI is InChI=1S/C16H20N4O6S/c1-4-17-16(23)19-14(21)10(3)26-15(22)9(2)18-13-11-7-5-6-8-12(11)27(24,25)20-13/h5-10H,4H2,1-3H3,(H,18,20)(H2,17,19,21,23)/t9-,10+/m0/s1. The Morgan fingerprint density at radius 3 is 2.56 bits per heavy atom. The molecule has 27 heavy (non-hydrogen) atoms. The first-order chi connectivity index (χ1) is 12.7. The lowest BCUT2D eigenvalue weighted by Crippen LogP contribution is -2.45. The van der Waals surface area contributed by atoms with Crippen LogP contribution in [-0.2, 0) is 24.3 Å². The molecule has 1 heterocycles. The van der Waals surface area contributed by atoms with Gasteiger partial charge in [0.1, 0.15) is 11.9 Å². The third-order valence-electron chi connectivity index (χ3n) is 3.56. The number of fused-ring (bicyclic) bond motifs is 1. The summed E-state index contributed by atoms with van der Waals surface area (Å²) in [6, 6.07) is 4.44. The smallest absolute Gasteiger partial charge is 0.331 e. The van der Waals surface area contributed by atoms with E-state index in [1.807, 2.05) is 5.32 Å². The molecule has 0 bridgehead atoms. The number of amides is 3. The number of carbonyl (C=O) groups is 3. The molecule has 0 aromatic heterocycles. The highest BCUT2D eigenvalue weighted by Crippen LogP contribution is 2.22. The molecule has 1 aromatic rings. The zero-order chi connectivity index (χ0) is 20.2. The fourth-order valence-electron chi connectivity index (χ4n) is 2.22. The van der Waals surface area contributed by atoms with E-state index in [-0.39, 0.29) is 10.7 Å². The fourth-order valence-corrected chi connectivity index (χ4v) is 3.46. The SMILES string of the molecule is CCNC(=O)NC(=O)[C@@H](C)OC(=O)[C@H](C)N=C1NS(=O)(=O)c2ccccc21. The van der Waals surface area contributed by atoms with Gasteiger partial charge in [-0.1, -0.05) is 12.1 Å². The molecule has 0 radical (unpaired) electrons. The molecule has 146 valence electrons. The van der Waals surface area contributed by atoms with E-state index in [4.69, 9.17) is 4.74 Å². The average molecular weight is 396 g/mol. The van der Waals surface area contributed by atoms with Crippen molar-refractivity contribution in [2.24, 2.45) is 4.99 Å². The first-order valence-corrected chi connectivity index (χ1v) is 9.63. The largest absolute Gasteiger partial charge is 0.451 e. The van der Waals surface area contributed by atoms with Crippen LogP contribution in [0.25, 0.3) is 0 Å². The van der Waals surface area contributed by atoms with Crippen molar-refractivity contribution in [1.82, 2.24) is 15.4 Å². The minimum atomic E-state index is -3.72. The van der Waals surface area contributed by atoms with Gasteiger partial charge in [-0.15, -0.1) is 0 Å². The second-order valence-electron chi connectivity index (χ2n) is 5.68. The summed E-state index contributed by atoms with van der Waals surface area (Å²) in [7, 11) is -3.72. The van der Waals surface area contributed by atoms with E-state index in [1.54, 1.807) is 25.1 Å². The summed E-state index contributed by atoms with van der Waals surface area (Å²) in [5.74, 6) is -1.61. The second-order valence-corrected chi connectivity index (χ2v) is 7.33. The van der Waals surface area contributed by atoms with Crippen LogP contribution < -0.4 is 15.4 Å². The Balaban J connectivity index is 2.05. The van der Waals surface area contributed by atoms with Gasteiger partial charge in [0.15, 0.2) is 6.10 Å². The molecule has 1 aliphatic heterocycles. The fraction of sp³-hybridized carbons (Fsp3) is 0.375. The Kier molecular flexibility index (Phi) is 6.16. The van der Waals surface area contributed by atoms with Crippen LogP contribution in [0.2, 0.25) is 0 Å². The number of rotatable bonds is 5. The Morgan fingerprint density at radius 1 is 1.22 bits per heavy atom. The Labute approximate surface area is 156 Å². The lowest BCUT2D eigenvalue weighted by Gasteiger charge is -2.15. The predicted molar refractivity (Wildman–Crippen MR) is 95.5 cm³/mol. The number of ether oxygens (including phenoxy) is 1. The molecule has 0 saturated carbocycles. The first kappa shape index (κ1) is 20.4. The molecule has 2 atom stereocenters. The zero-order valence-corrected chi connectivity index (χ0v) is 15.8. The molecule has 3 N–H and O–H groups in total. The third kappa shape index (κ3) is 4.82. The minimum absolute atomic E-state index is 0.0227. The molecule has 10 nitrogen and oxygen atoms in total. The van der Waals surface area contributed by atoms with Gasteiger partial charge in [0.05, 0.1) is 4.90 Å². The molecular formula is C16H20N4O6S. The molecule has 11 heteroatoms. The first-order valence-electron chi connectivity index (χ1n) is 8.15. The lowest BCUT2D eigenvalue weighted by atomic mass is 10.2. The van der Waals surface area contributed by atoms with Crippen LogP contribution in [0.3, 0.4) is 0 Å². The van der Waals surface area contributed by atoms with Crippen molar-refractivity contribution in [1.29, 1.82) is 0 Å². The highest BCUT2D eigenvalue weighted by Gasteiger charge is 2.31. The van der Waals surface area contributed by atoms with Crippen LogP contribution in [0.1, 0.15) is 26.3 Å². The lowest BCUT2D eigenvalue weighted by molar-refractivity contribution is -0.155. The van der Waals surface area contributed by atoms with E-state index in [9.17, 15) is 22.8 Å².